The first kappa shape index (κ1) is 12.9. The van der Waals surface area contributed by atoms with E-state index >= 15 is 0 Å². The van der Waals surface area contributed by atoms with E-state index in [-0.39, 0.29) is 0 Å². The topological polar surface area (TPSA) is 0 Å². The van der Waals surface area contributed by atoms with Crippen LogP contribution in [-0.4, -0.2) is 10.5 Å². The van der Waals surface area contributed by atoms with Crippen molar-refractivity contribution in [2.24, 2.45) is 0 Å². The van der Waals surface area contributed by atoms with Gasteiger partial charge in [0.15, 0.2) is 0 Å². The highest BCUT2D eigenvalue weighted by molar-refractivity contribution is 9.26. The Morgan fingerprint density at radius 1 is 0.917 bits per heavy atom. The van der Waals surface area contributed by atoms with E-state index in [2.05, 4.69) is 27.0 Å². The summed E-state index contributed by atoms with van der Waals surface area (Å²) < 4.78 is 0. The van der Waals surface area contributed by atoms with Crippen molar-refractivity contribution in [1.29, 1.82) is 0 Å². The van der Waals surface area contributed by atoms with Crippen LogP contribution >= 0.6 is 41.2 Å². The lowest BCUT2D eigenvalue weighted by atomic mass is 10.5. The SMILES string of the molecule is C=CC(C)SSSSC(C)C=C. The Bertz CT molecular complexity index is 119. The van der Waals surface area contributed by atoms with E-state index in [0.717, 1.165) is 0 Å². The second kappa shape index (κ2) is 8.48. The fraction of sp³-hybridized carbons (Fsp3) is 0.500. The van der Waals surface area contributed by atoms with Crippen LogP contribution < -0.4 is 0 Å². The van der Waals surface area contributed by atoms with Gasteiger partial charge in [-0.2, -0.15) is 0 Å². The van der Waals surface area contributed by atoms with Gasteiger partial charge in [-0.15, -0.1) is 13.2 Å². The molecule has 0 aliphatic rings. The first-order valence-electron chi connectivity index (χ1n) is 3.61. The second-order valence-corrected chi connectivity index (χ2v) is 8.78. The molecule has 2 atom stereocenters. The van der Waals surface area contributed by atoms with Gasteiger partial charge >= 0.3 is 0 Å². The molecule has 0 aliphatic carbocycles. The third kappa shape index (κ3) is 7.53. The van der Waals surface area contributed by atoms with Crippen molar-refractivity contribution in [2.75, 3.05) is 0 Å². The van der Waals surface area contributed by atoms with Crippen molar-refractivity contribution < 1.29 is 0 Å². The number of rotatable bonds is 7. The highest BCUT2D eigenvalue weighted by Gasteiger charge is 2.00. The first-order chi connectivity index (χ1) is 5.70. The summed E-state index contributed by atoms with van der Waals surface area (Å²) in [7, 11) is 7.28. The predicted octanol–water partition coefficient (Wildman–Crippen LogP) is 4.81. The van der Waals surface area contributed by atoms with Gasteiger partial charge < -0.3 is 0 Å². The Balaban J connectivity index is 3.20. The zero-order chi connectivity index (χ0) is 9.40. The molecule has 0 saturated carbocycles. The lowest BCUT2D eigenvalue weighted by molar-refractivity contribution is 1.27. The van der Waals surface area contributed by atoms with Crippen molar-refractivity contribution in [3.05, 3.63) is 25.3 Å². The van der Waals surface area contributed by atoms with E-state index in [1.165, 1.54) is 0 Å². The summed E-state index contributed by atoms with van der Waals surface area (Å²) in [5, 5.41) is 1.06. The van der Waals surface area contributed by atoms with Crippen molar-refractivity contribution in [3.63, 3.8) is 0 Å². The molecular weight excluding hydrogens is 224 g/mol. The number of hydrogen-bond donors (Lipinski definition) is 0. The highest BCUT2D eigenvalue weighted by atomic mass is 33.7. The minimum Gasteiger partial charge on any atom is -0.102 e. The standard InChI is InChI=1S/C8H14S4/c1-5-7(3)9-11-12-10-8(4)6-2/h5-8H,1-2H2,3-4H3. The quantitative estimate of drug-likeness (QED) is 0.354. The van der Waals surface area contributed by atoms with Gasteiger partial charge in [0.1, 0.15) is 0 Å². The molecule has 2 unspecified atom stereocenters. The fourth-order valence-electron chi connectivity index (χ4n) is 0.235. The molecule has 0 aromatic rings. The molecule has 0 aromatic carbocycles. The molecule has 4 heteroatoms. The fourth-order valence-corrected chi connectivity index (χ4v) is 6.65. The van der Waals surface area contributed by atoms with E-state index in [4.69, 9.17) is 0 Å². The third-order valence-corrected chi connectivity index (χ3v) is 8.15. The summed E-state index contributed by atoms with van der Waals surface area (Å²) in [5.41, 5.74) is 0. The van der Waals surface area contributed by atoms with Crippen molar-refractivity contribution in [1.82, 2.24) is 0 Å². The largest absolute Gasteiger partial charge is 0.102 e. The third-order valence-electron chi connectivity index (χ3n) is 1.07. The molecule has 0 N–H and O–H groups in total. The van der Waals surface area contributed by atoms with Crippen molar-refractivity contribution in [2.45, 2.75) is 24.3 Å². The molecule has 0 amide bonds. The molecule has 0 aromatic heterocycles. The summed E-state index contributed by atoms with van der Waals surface area (Å²) >= 11 is 0. The average Bonchev–Trinajstić information content (AvgIpc) is 2.11. The molecular formula is C8H14S4. The second-order valence-electron chi connectivity index (χ2n) is 2.21. The van der Waals surface area contributed by atoms with Crippen LogP contribution in [0.3, 0.4) is 0 Å². The van der Waals surface area contributed by atoms with E-state index < -0.39 is 0 Å². The maximum atomic E-state index is 3.72. The molecule has 0 rings (SSSR count). The van der Waals surface area contributed by atoms with Crippen molar-refractivity contribution in [3.8, 4) is 0 Å². The molecule has 0 heterocycles. The van der Waals surface area contributed by atoms with Gasteiger partial charge in [-0.05, 0) is 33.5 Å². The summed E-state index contributed by atoms with van der Waals surface area (Å²) in [4.78, 5) is 0. The number of hydrogen-bond acceptors (Lipinski definition) is 4. The van der Waals surface area contributed by atoms with Gasteiger partial charge in [0.25, 0.3) is 0 Å². The summed E-state index contributed by atoms with van der Waals surface area (Å²) in [6, 6.07) is 0. The van der Waals surface area contributed by atoms with Gasteiger partial charge in [0.05, 0.1) is 0 Å². The van der Waals surface area contributed by atoms with Crippen molar-refractivity contribution >= 4 is 41.2 Å². The van der Waals surface area contributed by atoms with Crippen LogP contribution in [0.1, 0.15) is 13.8 Å². The average molecular weight is 238 g/mol. The monoisotopic (exact) mass is 238 g/mol. The van der Waals surface area contributed by atoms with Crippen LogP contribution in [0, 0.1) is 0 Å². The molecule has 70 valence electrons. The lowest BCUT2D eigenvalue weighted by Crippen LogP contribution is -1.84. The van der Waals surface area contributed by atoms with Gasteiger partial charge in [0.2, 0.25) is 0 Å². The molecule has 0 bridgehead atoms. The summed E-state index contributed by atoms with van der Waals surface area (Å²) in [6.45, 7) is 11.7. The Hall–Kier alpha value is 0.880. The molecule has 0 fully saturated rings. The van der Waals surface area contributed by atoms with E-state index in [1.54, 1.807) is 19.7 Å². The molecule has 0 radical (unpaired) electrons. The van der Waals surface area contributed by atoms with Crippen LogP contribution in [0.5, 0.6) is 0 Å². The zero-order valence-electron chi connectivity index (χ0n) is 7.36. The molecule has 0 aliphatic heterocycles. The summed E-state index contributed by atoms with van der Waals surface area (Å²) in [5.74, 6) is 0. The van der Waals surface area contributed by atoms with Crippen LogP contribution in [0.2, 0.25) is 0 Å². The maximum absolute atomic E-state index is 3.72. The van der Waals surface area contributed by atoms with Crippen LogP contribution in [0.4, 0.5) is 0 Å². The normalized spacial score (nSPS) is 15.2. The van der Waals surface area contributed by atoms with Crippen LogP contribution in [-0.2, 0) is 0 Å². The van der Waals surface area contributed by atoms with E-state index in [0.29, 0.717) is 10.5 Å². The highest BCUT2D eigenvalue weighted by Crippen LogP contribution is 2.46. The maximum Gasteiger partial charge on any atom is 0.0308 e. The van der Waals surface area contributed by atoms with Gasteiger partial charge in [0, 0.05) is 10.5 Å². The Morgan fingerprint density at radius 3 is 1.50 bits per heavy atom. The molecule has 0 spiro atoms. The van der Waals surface area contributed by atoms with Gasteiger partial charge in [-0.25, -0.2) is 0 Å². The van der Waals surface area contributed by atoms with E-state index in [9.17, 15) is 0 Å². The summed E-state index contributed by atoms with van der Waals surface area (Å²) in [6.07, 6.45) is 3.92. The van der Waals surface area contributed by atoms with Gasteiger partial charge in [-0.3, -0.25) is 0 Å². The minimum absolute atomic E-state index is 0.530. The Labute approximate surface area is 90.6 Å². The zero-order valence-corrected chi connectivity index (χ0v) is 10.6. The first-order valence-corrected chi connectivity index (χ1v) is 8.55. The van der Waals surface area contributed by atoms with Gasteiger partial charge in [-0.1, -0.05) is 33.7 Å². The smallest absolute Gasteiger partial charge is 0.0308 e. The predicted molar refractivity (Wildman–Crippen MR) is 69.7 cm³/mol. The van der Waals surface area contributed by atoms with Crippen LogP contribution in [0.25, 0.3) is 0 Å². The van der Waals surface area contributed by atoms with E-state index in [1.807, 2.05) is 33.7 Å². The van der Waals surface area contributed by atoms with Crippen LogP contribution in [0.15, 0.2) is 25.3 Å². The Morgan fingerprint density at radius 2 is 1.25 bits per heavy atom. The molecule has 12 heavy (non-hydrogen) atoms. The molecule has 0 nitrogen and oxygen atoms in total. The minimum atomic E-state index is 0.530. The Kier molecular flexibility index (Phi) is 9.10. The molecule has 0 saturated heterocycles. The lowest BCUT2D eigenvalue weighted by Gasteiger charge is -2.05.